The highest BCUT2D eigenvalue weighted by Crippen LogP contribution is 2.21. The molecular weight excluding hydrogens is 246 g/mol. The second-order valence-corrected chi connectivity index (χ2v) is 6.16. The number of carbonyl (C=O) groups is 2. The molecule has 110 valence electrons. The van der Waals surface area contributed by atoms with Crippen LogP contribution in [-0.4, -0.2) is 42.3 Å². The van der Waals surface area contributed by atoms with Gasteiger partial charge in [-0.2, -0.15) is 0 Å². The third kappa shape index (κ3) is 5.92. The summed E-state index contributed by atoms with van der Waals surface area (Å²) in [4.78, 5) is 22.8. The van der Waals surface area contributed by atoms with Crippen LogP contribution in [0.25, 0.3) is 0 Å². The molecule has 4 N–H and O–H groups in total. The summed E-state index contributed by atoms with van der Waals surface area (Å²) >= 11 is 0. The highest BCUT2D eigenvalue weighted by Gasteiger charge is 2.29. The normalized spacial score (nSPS) is 18.7. The van der Waals surface area contributed by atoms with E-state index >= 15 is 0 Å². The number of carboxylic acid groups (broad SMARTS) is 1. The van der Waals surface area contributed by atoms with Crippen LogP contribution in [0.5, 0.6) is 0 Å². The predicted molar refractivity (Wildman–Crippen MR) is 73.1 cm³/mol. The molecule has 2 amide bonds. The Morgan fingerprint density at radius 3 is 2.37 bits per heavy atom. The minimum atomic E-state index is -0.901. The van der Waals surface area contributed by atoms with Crippen LogP contribution in [0, 0.1) is 5.41 Å². The summed E-state index contributed by atoms with van der Waals surface area (Å²) in [7, 11) is 0. The molecule has 0 aromatic rings. The largest absolute Gasteiger partial charge is 0.481 e. The maximum atomic E-state index is 11.9. The molecule has 6 nitrogen and oxygen atoms in total. The first-order chi connectivity index (χ1) is 8.79. The molecule has 1 heterocycles. The third-order valence-corrected chi connectivity index (χ3v) is 3.40. The van der Waals surface area contributed by atoms with Gasteiger partial charge < -0.3 is 21.1 Å². The van der Waals surface area contributed by atoms with Crippen molar-refractivity contribution >= 4 is 12.0 Å². The highest BCUT2D eigenvalue weighted by molar-refractivity contribution is 5.76. The SMILES string of the molecule is CC(C)(C)C(CC(=O)O)NC(=O)NC1CCNCC1. The first-order valence-electron chi connectivity index (χ1n) is 6.78. The summed E-state index contributed by atoms with van der Waals surface area (Å²) in [6.07, 6.45) is 1.75. The van der Waals surface area contributed by atoms with E-state index in [0.717, 1.165) is 25.9 Å². The molecule has 0 aromatic carbocycles. The van der Waals surface area contributed by atoms with Crippen LogP contribution < -0.4 is 16.0 Å². The fourth-order valence-electron chi connectivity index (χ4n) is 2.10. The molecular formula is C13H25N3O3. The number of hydrogen-bond donors (Lipinski definition) is 4. The zero-order chi connectivity index (χ0) is 14.5. The van der Waals surface area contributed by atoms with Gasteiger partial charge in [0, 0.05) is 12.1 Å². The van der Waals surface area contributed by atoms with Gasteiger partial charge in [0.25, 0.3) is 0 Å². The van der Waals surface area contributed by atoms with Crippen LogP contribution in [0.2, 0.25) is 0 Å². The molecule has 6 heteroatoms. The van der Waals surface area contributed by atoms with Gasteiger partial charge in [0.1, 0.15) is 0 Å². The van der Waals surface area contributed by atoms with E-state index in [1.165, 1.54) is 0 Å². The van der Waals surface area contributed by atoms with Gasteiger partial charge in [-0.05, 0) is 31.3 Å². The van der Waals surface area contributed by atoms with Crippen molar-refractivity contribution in [3.63, 3.8) is 0 Å². The number of carboxylic acids is 1. The van der Waals surface area contributed by atoms with Gasteiger partial charge >= 0.3 is 12.0 Å². The number of amides is 2. The first-order valence-corrected chi connectivity index (χ1v) is 6.78. The summed E-state index contributed by atoms with van der Waals surface area (Å²) in [5.74, 6) is -0.901. The lowest BCUT2D eigenvalue weighted by atomic mass is 9.85. The van der Waals surface area contributed by atoms with Gasteiger partial charge in [-0.1, -0.05) is 20.8 Å². The Labute approximate surface area is 114 Å². The molecule has 1 saturated heterocycles. The predicted octanol–water partition coefficient (Wildman–Crippen LogP) is 0.927. The Balaban J connectivity index is 2.48. The van der Waals surface area contributed by atoms with Gasteiger partial charge in [-0.3, -0.25) is 4.79 Å². The van der Waals surface area contributed by atoms with Crippen molar-refractivity contribution in [2.24, 2.45) is 5.41 Å². The maximum Gasteiger partial charge on any atom is 0.315 e. The number of urea groups is 1. The molecule has 1 aliphatic rings. The molecule has 0 spiro atoms. The van der Waals surface area contributed by atoms with Gasteiger partial charge in [0.2, 0.25) is 0 Å². The average molecular weight is 271 g/mol. The maximum absolute atomic E-state index is 11.9. The lowest BCUT2D eigenvalue weighted by Crippen LogP contribution is -2.52. The van der Waals surface area contributed by atoms with E-state index in [-0.39, 0.29) is 30.0 Å². The van der Waals surface area contributed by atoms with Gasteiger partial charge in [-0.15, -0.1) is 0 Å². The Kier molecular flexibility index (Phi) is 5.60. The zero-order valence-corrected chi connectivity index (χ0v) is 12.0. The van der Waals surface area contributed by atoms with E-state index < -0.39 is 5.97 Å². The van der Waals surface area contributed by atoms with Crippen LogP contribution >= 0.6 is 0 Å². The summed E-state index contributed by atoms with van der Waals surface area (Å²) in [5.41, 5.74) is -0.288. The monoisotopic (exact) mass is 271 g/mol. The Bertz CT molecular complexity index is 320. The molecule has 19 heavy (non-hydrogen) atoms. The van der Waals surface area contributed by atoms with Crippen LogP contribution in [0.3, 0.4) is 0 Å². The molecule has 0 bridgehead atoms. The van der Waals surface area contributed by atoms with Crippen LogP contribution in [0.4, 0.5) is 4.79 Å². The van der Waals surface area contributed by atoms with Crippen molar-refractivity contribution in [3.8, 4) is 0 Å². The molecule has 1 rings (SSSR count). The van der Waals surface area contributed by atoms with E-state index in [2.05, 4.69) is 16.0 Å². The lowest BCUT2D eigenvalue weighted by Gasteiger charge is -2.31. The highest BCUT2D eigenvalue weighted by atomic mass is 16.4. The van der Waals surface area contributed by atoms with Crippen LogP contribution in [0.15, 0.2) is 0 Å². The molecule has 1 fully saturated rings. The van der Waals surface area contributed by atoms with Crippen LogP contribution in [0.1, 0.15) is 40.0 Å². The molecule has 1 aliphatic heterocycles. The Morgan fingerprint density at radius 1 is 1.32 bits per heavy atom. The molecule has 0 aliphatic carbocycles. The summed E-state index contributed by atoms with van der Waals surface area (Å²) < 4.78 is 0. The number of hydrogen-bond acceptors (Lipinski definition) is 3. The Hall–Kier alpha value is -1.30. The van der Waals surface area contributed by atoms with Crippen molar-refractivity contribution in [2.45, 2.75) is 52.1 Å². The molecule has 1 unspecified atom stereocenters. The summed E-state index contributed by atoms with van der Waals surface area (Å²) in [6, 6.07) is -0.480. The molecule has 0 aromatic heterocycles. The summed E-state index contributed by atoms with van der Waals surface area (Å²) in [6.45, 7) is 7.58. The van der Waals surface area contributed by atoms with E-state index in [4.69, 9.17) is 5.11 Å². The van der Waals surface area contributed by atoms with E-state index in [9.17, 15) is 9.59 Å². The van der Waals surface area contributed by atoms with Gasteiger partial charge in [0.15, 0.2) is 0 Å². The summed E-state index contributed by atoms with van der Waals surface area (Å²) in [5, 5.41) is 17.8. The van der Waals surface area contributed by atoms with E-state index in [1.54, 1.807) is 0 Å². The zero-order valence-electron chi connectivity index (χ0n) is 12.0. The molecule has 0 radical (unpaired) electrons. The van der Waals surface area contributed by atoms with Gasteiger partial charge in [0.05, 0.1) is 6.42 Å². The second kappa shape index (κ2) is 6.75. The van der Waals surface area contributed by atoms with Crippen molar-refractivity contribution < 1.29 is 14.7 Å². The number of piperidine rings is 1. The molecule has 0 saturated carbocycles. The minimum absolute atomic E-state index is 0.0663. The van der Waals surface area contributed by atoms with Crippen molar-refractivity contribution in [3.05, 3.63) is 0 Å². The second-order valence-electron chi connectivity index (χ2n) is 6.16. The quantitative estimate of drug-likeness (QED) is 0.612. The van der Waals surface area contributed by atoms with Crippen molar-refractivity contribution in [1.29, 1.82) is 0 Å². The van der Waals surface area contributed by atoms with Gasteiger partial charge in [-0.25, -0.2) is 4.79 Å². The molecule has 1 atom stereocenters. The smallest absolute Gasteiger partial charge is 0.315 e. The van der Waals surface area contributed by atoms with Crippen molar-refractivity contribution in [1.82, 2.24) is 16.0 Å². The lowest BCUT2D eigenvalue weighted by molar-refractivity contribution is -0.138. The number of nitrogens with one attached hydrogen (secondary N) is 3. The first kappa shape index (κ1) is 15.8. The van der Waals surface area contributed by atoms with Crippen molar-refractivity contribution in [2.75, 3.05) is 13.1 Å². The topological polar surface area (TPSA) is 90.5 Å². The third-order valence-electron chi connectivity index (χ3n) is 3.40. The van der Waals surface area contributed by atoms with E-state index in [0.29, 0.717) is 0 Å². The Morgan fingerprint density at radius 2 is 1.89 bits per heavy atom. The fraction of sp³-hybridized carbons (Fsp3) is 0.846. The standard InChI is InChI=1S/C13H25N3O3/c1-13(2,3)10(8-11(17)18)16-12(19)15-9-4-6-14-7-5-9/h9-10,14H,4-8H2,1-3H3,(H,17,18)(H2,15,16,19). The number of aliphatic carboxylic acids is 1. The number of carbonyl (C=O) groups excluding carboxylic acids is 1. The minimum Gasteiger partial charge on any atom is -0.481 e. The van der Waals surface area contributed by atoms with Crippen LogP contribution in [-0.2, 0) is 4.79 Å². The number of rotatable bonds is 4. The van der Waals surface area contributed by atoms with E-state index in [1.807, 2.05) is 20.8 Å². The average Bonchev–Trinajstić information content (AvgIpc) is 2.27. The fourth-order valence-corrected chi connectivity index (χ4v) is 2.10.